The molecule has 0 saturated heterocycles. The first-order valence-electron chi connectivity index (χ1n) is 3.56. The van der Waals surface area contributed by atoms with Crippen molar-refractivity contribution >= 4 is 5.84 Å². The van der Waals surface area contributed by atoms with E-state index in [0.717, 1.165) is 11.4 Å². The lowest BCUT2D eigenvalue weighted by Crippen LogP contribution is -2.15. The lowest BCUT2D eigenvalue weighted by atomic mass is 10.2. The number of aromatic nitrogens is 2. The maximum atomic E-state index is 8.47. The van der Waals surface area contributed by atoms with Crippen LogP contribution in [0.3, 0.4) is 0 Å². The number of oxime groups is 1. The number of nitrogens with two attached hydrogens (primary N) is 1. The molecule has 0 aliphatic carbocycles. The van der Waals surface area contributed by atoms with Gasteiger partial charge in [-0.05, 0) is 13.8 Å². The summed E-state index contributed by atoms with van der Waals surface area (Å²) in [5, 5.41) is 15.5. The topological polar surface area (TPSA) is 76.4 Å². The Balaban J connectivity index is 3.32. The van der Waals surface area contributed by atoms with Crippen LogP contribution in [0.15, 0.2) is 5.16 Å². The van der Waals surface area contributed by atoms with Gasteiger partial charge in [0.05, 0.1) is 11.3 Å². The third-order valence-corrected chi connectivity index (χ3v) is 1.87. The molecule has 0 atom stereocenters. The molecule has 5 heteroatoms. The molecule has 0 spiro atoms. The van der Waals surface area contributed by atoms with Crippen molar-refractivity contribution in [1.29, 1.82) is 0 Å². The molecule has 1 aromatic heterocycles. The minimum atomic E-state index is 0.109. The van der Waals surface area contributed by atoms with E-state index in [9.17, 15) is 0 Å². The smallest absolute Gasteiger partial charge is 0.173 e. The number of amidine groups is 1. The van der Waals surface area contributed by atoms with Gasteiger partial charge in [0.25, 0.3) is 0 Å². The summed E-state index contributed by atoms with van der Waals surface area (Å²) in [7, 11) is 1.82. The lowest BCUT2D eigenvalue weighted by molar-refractivity contribution is 0.318. The molecule has 0 bridgehead atoms. The van der Waals surface area contributed by atoms with Gasteiger partial charge in [-0.15, -0.1) is 0 Å². The van der Waals surface area contributed by atoms with Gasteiger partial charge in [-0.25, -0.2) is 0 Å². The summed E-state index contributed by atoms with van der Waals surface area (Å²) >= 11 is 0. The zero-order valence-corrected chi connectivity index (χ0v) is 7.37. The summed E-state index contributed by atoms with van der Waals surface area (Å²) in [4.78, 5) is 0. The Bertz CT molecular complexity index is 326. The minimum absolute atomic E-state index is 0.109. The van der Waals surface area contributed by atoms with E-state index < -0.39 is 0 Å². The molecule has 0 aliphatic rings. The summed E-state index contributed by atoms with van der Waals surface area (Å²) in [6.07, 6.45) is 0. The van der Waals surface area contributed by atoms with Gasteiger partial charge in [-0.2, -0.15) is 5.10 Å². The van der Waals surface area contributed by atoms with Gasteiger partial charge in [0.15, 0.2) is 5.84 Å². The maximum Gasteiger partial charge on any atom is 0.173 e. The third-order valence-electron chi connectivity index (χ3n) is 1.87. The van der Waals surface area contributed by atoms with Gasteiger partial charge in [0, 0.05) is 12.7 Å². The van der Waals surface area contributed by atoms with Crippen molar-refractivity contribution in [2.75, 3.05) is 0 Å². The Hall–Kier alpha value is -1.52. The van der Waals surface area contributed by atoms with E-state index in [-0.39, 0.29) is 5.84 Å². The van der Waals surface area contributed by atoms with E-state index in [1.165, 1.54) is 0 Å². The maximum absolute atomic E-state index is 8.47. The quantitative estimate of drug-likeness (QED) is 0.271. The van der Waals surface area contributed by atoms with Crippen molar-refractivity contribution in [3.05, 3.63) is 17.0 Å². The molecule has 0 amide bonds. The van der Waals surface area contributed by atoms with Crippen LogP contribution in [0.2, 0.25) is 0 Å². The molecule has 66 valence electrons. The van der Waals surface area contributed by atoms with Crippen molar-refractivity contribution in [3.63, 3.8) is 0 Å². The van der Waals surface area contributed by atoms with Crippen molar-refractivity contribution < 1.29 is 5.21 Å². The van der Waals surface area contributed by atoms with Crippen LogP contribution in [0, 0.1) is 13.8 Å². The van der Waals surface area contributed by atoms with E-state index in [4.69, 9.17) is 10.9 Å². The van der Waals surface area contributed by atoms with Crippen LogP contribution >= 0.6 is 0 Å². The van der Waals surface area contributed by atoms with Gasteiger partial charge < -0.3 is 10.9 Å². The highest BCUT2D eigenvalue weighted by Gasteiger charge is 2.12. The average Bonchev–Trinajstić information content (AvgIpc) is 2.26. The van der Waals surface area contributed by atoms with Gasteiger partial charge in [-0.1, -0.05) is 5.16 Å². The second-order valence-electron chi connectivity index (χ2n) is 2.65. The minimum Gasteiger partial charge on any atom is -0.409 e. The zero-order valence-electron chi connectivity index (χ0n) is 7.37. The van der Waals surface area contributed by atoms with Crippen molar-refractivity contribution in [3.8, 4) is 0 Å². The van der Waals surface area contributed by atoms with Crippen molar-refractivity contribution in [2.45, 2.75) is 13.8 Å². The molecule has 0 saturated carbocycles. The van der Waals surface area contributed by atoms with Crippen molar-refractivity contribution in [2.24, 2.45) is 17.9 Å². The second kappa shape index (κ2) is 2.84. The number of rotatable bonds is 1. The van der Waals surface area contributed by atoms with Gasteiger partial charge >= 0.3 is 0 Å². The summed E-state index contributed by atoms with van der Waals surface area (Å²) in [6, 6.07) is 0. The highest BCUT2D eigenvalue weighted by Crippen LogP contribution is 2.10. The molecule has 0 fully saturated rings. The molecule has 0 unspecified atom stereocenters. The van der Waals surface area contributed by atoms with Crippen LogP contribution in [-0.2, 0) is 7.05 Å². The van der Waals surface area contributed by atoms with E-state index in [1.54, 1.807) is 4.68 Å². The number of hydrogen-bond acceptors (Lipinski definition) is 3. The van der Waals surface area contributed by atoms with Gasteiger partial charge in [0.1, 0.15) is 0 Å². The van der Waals surface area contributed by atoms with E-state index >= 15 is 0 Å². The Morgan fingerprint density at radius 1 is 1.58 bits per heavy atom. The highest BCUT2D eigenvalue weighted by molar-refractivity contribution is 5.99. The predicted molar refractivity (Wildman–Crippen MR) is 45.2 cm³/mol. The fraction of sp³-hybridized carbons (Fsp3) is 0.429. The molecule has 1 heterocycles. The summed E-state index contributed by atoms with van der Waals surface area (Å²) in [5.41, 5.74) is 7.82. The normalized spacial score (nSPS) is 12.1. The Labute approximate surface area is 70.5 Å². The highest BCUT2D eigenvalue weighted by atomic mass is 16.4. The molecule has 1 aromatic rings. The molecule has 0 radical (unpaired) electrons. The molecular weight excluding hydrogens is 156 g/mol. The monoisotopic (exact) mass is 168 g/mol. The molecule has 1 rings (SSSR count). The van der Waals surface area contributed by atoms with Crippen molar-refractivity contribution in [1.82, 2.24) is 9.78 Å². The SMILES string of the molecule is Cc1nn(C)c(C)c1/C(N)=N\O. The Morgan fingerprint density at radius 3 is 2.50 bits per heavy atom. The first-order valence-corrected chi connectivity index (χ1v) is 3.56. The number of nitrogens with zero attached hydrogens (tertiary/aromatic N) is 3. The Kier molecular flexibility index (Phi) is 2.03. The Morgan fingerprint density at radius 2 is 2.17 bits per heavy atom. The van der Waals surface area contributed by atoms with Crippen LogP contribution in [0.5, 0.6) is 0 Å². The van der Waals surface area contributed by atoms with Crippen LogP contribution < -0.4 is 5.73 Å². The lowest BCUT2D eigenvalue weighted by Gasteiger charge is -1.97. The average molecular weight is 168 g/mol. The molecule has 0 aromatic carbocycles. The van der Waals surface area contributed by atoms with Crippen LogP contribution in [0.1, 0.15) is 17.0 Å². The predicted octanol–water partition coefficient (Wildman–Crippen LogP) is 0.131. The first-order chi connectivity index (χ1) is 5.57. The molecular formula is C7H12N4O. The fourth-order valence-electron chi connectivity index (χ4n) is 1.19. The van der Waals surface area contributed by atoms with E-state index in [2.05, 4.69) is 10.3 Å². The molecule has 12 heavy (non-hydrogen) atoms. The van der Waals surface area contributed by atoms with Crippen LogP contribution in [0.25, 0.3) is 0 Å². The zero-order chi connectivity index (χ0) is 9.30. The van der Waals surface area contributed by atoms with Crippen LogP contribution in [0.4, 0.5) is 0 Å². The molecule has 3 N–H and O–H groups in total. The summed E-state index contributed by atoms with van der Waals surface area (Å²) in [6.45, 7) is 3.69. The first kappa shape index (κ1) is 8.58. The molecule has 0 aliphatic heterocycles. The third kappa shape index (κ3) is 1.13. The standard InChI is InChI=1S/C7H12N4O/c1-4-6(7(8)10-12)5(2)11(3)9-4/h12H,1-3H3,(H2,8,10). The number of aryl methyl sites for hydroxylation is 2. The van der Waals surface area contributed by atoms with Gasteiger partial charge in [0.2, 0.25) is 0 Å². The summed E-state index contributed by atoms with van der Waals surface area (Å²) < 4.78 is 1.70. The van der Waals surface area contributed by atoms with E-state index in [1.807, 2.05) is 20.9 Å². The molecule has 5 nitrogen and oxygen atoms in total. The van der Waals surface area contributed by atoms with E-state index in [0.29, 0.717) is 5.56 Å². The van der Waals surface area contributed by atoms with Crippen LogP contribution in [-0.4, -0.2) is 20.8 Å². The largest absolute Gasteiger partial charge is 0.409 e. The number of hydrogen-bond donors (Lipinski definition) is 2. The summed E-state index contributed by atoms with van der Waals surface area (Å²) in [5.74, 6) is 0.109. The fourth-order valence-corrected chi connectivity index (χ4v) is 1.19. The second-order valence-corrected chi connectivity index (χ2v) is 2.65. The van der Waals surface area contributed by atoms with Gasteiger partial charge in [-0.3, -0.25) is 4.68 Å².